The molecule has 0 aliphatic carbocycles. The number of hydrogen-bond acceptors (Lipinski definition) is 5. The van der Waals surface area contributed by atoms with Gasteiger partial charge in [0.15, 0.2) is 0 Å². The van der Waals surface area contributed by atoms with Gasteiger partial charge in [-0.25, -0.2) is 0 Å². The van der Waals surface area contributed by atoms with Crippen molar-refractivity contribution >= 4 is 11.9 Å². The summed E-state index contributed by atoms with van der Waals surface area (Å²) in [4.78, 5) is 26.8. The zero-order chi connectivity index (χ0) is 21.0. The minimum atomic E-state index is -1.49. The fourth-order valence-corrected chi connectivity index (χ4v) is 3.78. The summed E-state index contributed by atoms with van der Waals surface area (Å²) in [5, 5.41) is 20.7. The Morgan fingerprint density at radius 1 is 1.10 bits per heavy atom. The van der Waals surface area contributed by atoms with Crippen molar-refractivity contribution in [3.63, 3.8) is 0 Å². The third-order valence-electron chi connectivity index (χ3n) is 5.49. The highest BCUT2D eigenvalue weighted by molar-refractivity contribution is 5.95. The number of likely N-dealkylation sites (tertiary alicyclic amines) is 1. The van der Waals surface area contributed by atoms with Gasteiger partial charge < -0.3 is 24.6 Å². The van der Waals surface area contributed by atoms with Crippen molar-refractivity contribution in [3.05, 3.63) is 59.7 Å². The molecule has 0 bridgehead atoms. The predicted molar refractivity (Wildman–Crippen MR) is 106 cm³/mol. The number of aliphatic carboxylic acids is 1. The smallest absolute Gasteiger partial charge is 0.314 e. The molecular weight excluding hydrogens is 374 g/mol. The van der Waals surface area contributed by atoms with E-state index < -0.39 is 17.5 Å². The van der Waals surface area contributed by atoms with E-state index in [0.29, 0.717) is 23.6 Å². The third kappa shape index (κ3) is 4.19. The van der Waals surface area contributed by atoms with Crippen LogP contribution in [0.4, 0.5) is 0 Å². The Labute approximate surface area is 169 Å². The van der Waals surface area contributed by atoms with Crippen LogP contribution in [0.15, 0.2) is 48.5 Å². The van der Waals surface area contributed by atoms with Crippen LogP contribution in [0.25, 0.3) is 0 Å². The summed E-state index contributed by atoms with van der Waals surface area (Å²) < 4.78 is 10.3. The SMILES string of the molecule is COc1ccc(C(=O)N2CC[C@@H](O)[C@](Cc3cccc(OC)c3)(C(=O)O)C2)cc1. The topological polar surface area (TPSA) is 96.3 Å². The van der Waals surface area contributed by atoms with Crippen molar-refractivity contribution in [2.45, 2.75) is 18.9 Å². The van der Waals surface area contributed by atoms with Crippen LogP contribution < -0.4 is 9.47 Å². The summed E-state index contributed by atoms with van der Waals surface area (Å²) in [6.45, 7) is 0.213. The van der Waals surface area contributed by atoms with Gasteiger partial charge in [-0.3, -0.25) is 9.59 Å². The number of hydrogen-bond donors (Lipinski definition) is 2. The number of aliphatic hydroxyl groups excluding tert-OH is 1. The van der Waals surface area contributed by atoms with Gasteiger partial charge in [0.2, 0.25) is 0 Å². The van der Waals surface area contributed by atoms with Gasteiger partial charge in [0.1, 0.15) is 16.9 Å². The maximum absolute atomic E-state index is 13.0. The highest BCUT2D eigenvalue weighted by Crippen LogP contribution is 2.36. The Morgan fingerprint density at radius 2 is 1.79 bits per heavy atom. The number of methoxy groups -OCH3 is 2. The fraction of sp³-hybridized carbons (Fsp3) is 0.364. The lowest BCUT2D eigenvalue weighted by Gasteiger charge is -2.43. The second-order valence-electron chi connectivity index (χ2n) is 7.25. The van der Waals surface area contributed by atoms with E-state index >= 15 is 0 Å². The molecule has 1 amide bonds. The van der Waals surface area contributed by atoms with Crippen molar-refractivity contribution < 1.29 is 29.3 Å². The lowest BCUT2D eigenvalue weighted by molar-refractivity contribution is -0.161. The molecule has 0 saturated carbocycles. The molecule has 1 aliphatic rings. The monoisotopic (exact) mass is 399 g/mol. The van der Waals surface area contributed by atoms with E-state index in [4.69, 9.17) is 9.47 Å². The molecule has 7 heteroatoms. The molecule has 2 N–H and O–H groups in total. The number of nitrogens with zero attached hydrogens (tertiary/aromatic N) is 1. The van der Waals surface area contributed by atoms with Crippen LogP contribution in [-0.4, -0.2) is 60.4 Å². The number of carboxylic acid groups (broad SMARTS) is 1. The highest BCUT2D eigenvalue weighted by Gasteiger charge is 2.50. The average Bonchev–Trinajstić information content (AvgIpc) is 2.75. The normalized spacial score (nSPS) is 21.5. The molecule has 1 aliphatic heterocycles. The largest absolute Gasteiger partial charge is 0.497 e. The van der Waals surface area contributed by atoms with Gasteiger partial charge in [-0.2, -0.15) is 0 Å². The summed E-state index contributed by atoms with van der Waals surface area (Å²) in [7, 11) is 3.08. The minimum absolute atomic E-state index is 0.0778. The summed E-state index contributed by atoms with van der Waals surface area (Å²) in [5.74, 6) is -0.149. The number of ether oxygens (including phenoxy) is 2. The Bertz CT molecular complexity index is 881. The van der Waals surface area contributed by atoms with E-state index in [1.54, 1.807) is 55.6 Å². The maximum atomic E-state index is 13.0. The first-order valence-electron chi connectivity index (χ1n) is 9.37. The molecular formula is C22H25NO6. The van der Waals surface area contributed by atoms with Gasteiger partial charge in [-0.15, -0.1) is 0 Å². The fourth-order valence-electron chi connectivity index (χ4n) is 3.78. The minimum Gasteiger partial charge on any atom is -0.497 e. The number of amides is 1. The molecule has 1 saturated heterocycles. The van der Waals surface area contributed by atoms with Crippen LogP contribution in [0.3, 0.4) is 0 Å². The molecule has 7 nitrogen and oxygen atoms in total. The summed E-state index contributed by atoms with van der Waals surface area (Å²) in [6.07, 6.45) is -0.781. The number of carboxylic acids is 1. The van der Waals surface area contributed by atoms with Crippen LogP contribution in [-0.2, 0) is 11.2 Å². The second kappa shape index (κ2) is 8.53. The molecule has 0 radical (unpaired) electrons. The number of benzene rings is 2. The highest BCUT2D eigenvalue weighted by atomic mass is 16.5. The average molecular weight is 399 g/mol. The van der Waals surface area contributed by atoms with Crippen molar-refractivity contribution in [1.29, 1.82) is 0 Å². The predicted octanol–water partition coefficient (Wildman–Crippen LogP) is 2.22. The molecule has 3 rings (SSSR count). The molecule has 2 aromatic rings. The number of aliphatic hydroxyl groups is 1. The molecule has 1 fully saturated rings. The Hall–Kier alpha value is -3.06. The lowest BCUT2D eigenvalue weighted by atomic mass is 9.72. The van der Waals surface area contributed by atoms with Gasteiger partial charge in [0.05, 0.1) is 20.3 Å². The van der Waals surface area contributed by atoms with Crippen LogP contribution in [0.2, 0.25) is 0 Å². The third-order valence-corrected chi connectivity index (χ3v) is 5.49. The van der Waals surface area contributed by atoms with Gasteiger partial charge in [-0.1, -0.05) is 12.1 Å². The molecule has 2 aromatic carbocycles. The number of piperidine rings is 1. The summed E-state index contributed by atoms with van der Waals surface area (Å²) >= 11 is 0. The van der Waals surface area contributed by atoms with Crippen LogP contribution >= 0.6 is 0 Å². The van der Waals surface area contributed by atoms with Crippen molar-refractivity contribution in [1.82, 2.24) is 4.90 Å². The zero-order valence-electron chi connectivity index (χ0n) is 16.5. The van der Waals surface area contributed by atoms with Crippen molar-refractivity contribution in [3.8, 4) is 11.5 Å². The quantitative estimate of drug-likeness (QED) is 0.773. The van der Waals surface area contributed by atoms with Gasteiger partial charge in [0, 0.05) is 18.7 Å². The van der Waals surface area contributed by atoms with Gasteiger partial charge in [-0.05, 0) is 54.8 Å². The lowest BCUT2D eigenvalue weighted by Crippen LogP contribution is -2.58. The van der Waals surface area contributed by atoms with E-state index in [9.17, 15) is 19.8 Å². The van der Waals surface area contributed by atoms with E-state index in [1.165, 1.54) is 12.0 Å². The summed E-state index contributed by atoms with van der Waals surface area (Å²) in [5.41, 5.74) is -0.320. The first-order valence-corrected chi connectivity index (χ1v) is 9.37. The van der Waals surface area contributed by atoms with Crippen molar-refractivity contribution in [2.24, 2.45) is 5.41 Å². The number of rotatable bonds is 6. The van der Waals surface area contributed by atoms with Crippen LogP contribution in [0.5, 0.6) is 11.5 Å². The molecule has 0 aromatic heterocycles. The molecule has 29 heavy (non-hydrogen) atoms. The zero-order valence-corrected chi connectivity index (χ0v) is 16.5. The molecule has 2 atom stereocenters. The van der Waals surface area contributed by atoms with E-state index in [1.807, 2.05) is 0 Å². The standard InChI is InChI=1S/C22H25NO6/c1-28-17-8-6-16(7-9-17)20(25)23-11-10-19(24)22(14-23,21(26)27)13-15-4-3-5-18(12-15)29-2/h3-9,12,19,24H,10-11,13-14H2,1-2H3,(H,26,27)/t19-,22-/m1/s1. The van der Waals surface area contributed by atoms with Gasteiger partial charge in [0.25, 0.3) is 5.91 Å². The Balaban J connectivity index is 1.87. The molecule has 0 unspecified atom stereocenters. The second-order valence-corrected chi connectivity index (χ2v) is 7.25. The number of carbonyl (C=O) groups excluding carboxylic acids is 1. The summed E-state index contributed by atoms with van der Waals surface area (Å²) in [6, 6.07) is 13.8. The van der Waals surface area contributed by atoms with Gasteiger partial charge >= 0.3 is 5.97 Å². The first-order chi connectivity index (χ1) is 13.9. The van der Waals surface area contributed by atoms with Crippen LogP contribution in [0.1, 0.15) is 22.3 Å². The first kappa shape index (κ1) is 20.7. The van der Waals surface area contributed by atoms with E-state index in [0.717, 1.165) is 5.56 Å². The molecule has 1 heterocycles. The molecule has 154 valence electrons. The van der Waals surface area contributed by atoms with Crippen LogP contribution in [0, 0.1) is 5.41 Å². The maximum Gasteiger partial charge on any atom is 0.314 e. The van der Waals surface area contributed by atoms with E-state index in [2.05, 4.69) is 0 Å². The molecule has 0 spiro atoms. The van der Waals surface area contributed by atoms with E-state index in [-0.39, 0.29) is 25.3 Å². The van der Waals surface area contributed by atoms with Crippen molar-refractivity contribution in [2.75, 3.05) is 27.3 Å². The Kier molecular flexibility index (Phi) is 6.08. The number of carbonyl (C=O) groups is 2. The Morgan fingerprint density at radius 3 is 2.41 bits per heavy atom.